The molecule has 0 N–H and O–H groups in total. The Morgan fingerprint density at radius 1 is 0.386 bits per heavy atom. The molecule has 57 heavy (non-hydrogen) atoms. The second-order valence-corrected chi connectivity index (χ2v) is 15.4. The Bertz CT molecular complexity index is 3430. The Kier molecular flexibility index (Phi) is 6.10. The van der Waals surface area contributed by atoms with Crippen LogP contribution >= 0.6 is 0 Å². The van der Waals surface area contributed by atoms with Crippen molar-refractivity contribution in [2.75, 3.05) is 0 Å². The molecule has 2 aliphatic carbocycles. The number of pyridine rings is 1. The van der Waals surface area contributed by atoms with Gasteiger partial charge in [-0.25, -0.2) is 4.98 Å². The summed E-state index contributed by atoms with van der Waals surface area (Å²) in [5.41, 5.74) is 19.2. The van der Waals surface area contributed by atoms with Gasteiger partial charge in [-0.15, -0.1) is 0 Å². The van der Waals surface area contributed by atoms with Crippen molar-refractivity contribution in [3.63, 3.8) is 0 Å². The van der Waals surface area contributed by atoms with Crippen molar-refractivity contribution in [3.05, 3.63) is 216 Å². The summed E-state index contributed by atoms with van der Waals surface area (Å²) >= 11 is 0. The summed E-state index contributed by atoms with van der Waals surface area (Å²) in [6, 6.07) is 70.6. The van der Waals surface area contributed by atoms with Crippen LogP contribution < -0.4 is 0 Å². The van der Waals surface area contributed by atoms with Crippen LogP contribution in [0, 0.1) is 0 Å². The molecular formula is C54H32N2O. The van der Waals surface area contributed by atoms with Crippen LogP contribution in [0.4, 0.5) is 0 Å². The summed E-state index contributed by atoms with van der Waals surface area (Å²) in [5, 5.41) is 4.63. The van der Waals surface area contributed by atoms with Crippen molar-refractivity contribution >= 4 is 43.7 Å². The third kappa shape index (κ3) is 4.02. The van der Waals surface area contributed by atoms with E-state index >= 15 is 0 Å². The normalized spacial score (nSPS) is 13.4. The molecule has 264 valence electrons. The average molecular weight is 725 g/mol. The van der Waals surface area contributed by atoms with Gasteiger partial charge in [0.2, 0.25) is 0 Å². The van der Waals surface area contributed by atoms with Gasteiger partial charge in [-0.05, 0) is 87.0 Å². The molecule has 0 unspecified atom stereocenters. The molecule has 0 saturated heterocycles. The fourth-order valence-electron chi connectivity index (χ4n) is 10.4. The molecule has 13 rings (SSSR count). The quantitative estimate of drug-likeness (QED) is 0.182. The molecule has 3 aromatic heterocycles. The highest BCUT2D eigenvalue weighted by atomic mass is 16.3. The summed E-state index contributed by atoms with van der Waals surface area (Å²) in [5.74, 6) is 0. The van der Waals surface area contributed by atoms with Crippen molar-refractivity contribution in [3.8, 4) is 50.5 Å². The smallest absolute Gasteiger partial charge is 0.136 e. The molecule has 3 nitrogen and oxygen atoms in total. The number of hydrogen-bond donors (Lipinski definition) is 0. The number of para-hydroxylation sites is 2. The number of aromatic nitrogens is 2. The van der Waals surface area contributed by atoms with Crippen LogP contribution in [0.25, 0.3) is 94.2 Å². The second kappa shape index (κ2) is 11.3. The Morgan fingerprint density at radius 3 is 1.72 bits per heavy atom. The van der Waals surface area contributed by atoms with Crippen LogP contribution in [-0.4, -0.2) is 9.55 Å². The first-order valence-electron chi connectivity index (χ1n) is 19.6. The van der Waals surface area contributed by atoms with E-state index in [4.69, 9.17) is 9.40 Å². The molecule has 8 aromatic carbocycles. The topological polar surface area (TPSA) is 31.0 Å². The third-order valence-corrected chi connectivity index (χ3v) is 12.6. The molecule has 0 amide bonds. The van der Waals surface area contributed by atoms with Crippen LogP contribution in [0.2, 0.25) is 0 Å². The van der Waals surface area contributed by atoms with Crippen LogP contribution in [0.1, 0.15) is 22.3 Å². The molecule has 0 aliphatic heterocycles. The second-order valence-electron chi connectivity index (χ2n) is 15.4. The van der Waals surface area contributed by atoms with E-state index in [0.29, 0.717) is 0 Å². The standard InChI is InChI=1S/C54H32N2O/c1-2-15-33(16-3-1)47-29-34(30-48(55-47)39-22-14-28-52-53(39)40-21-8-13-27-51(40)57-52)56-49-26-12-7-20-38(49)42-31-41-37-19-6-11-25-45(37)54(46(41)32-50(42)56)43-23-9-4-17-35(43)36-18-5-10-24-44(36)54/h1-32H. The van der Waals surface area contributed by atoms with E-state index in [1.165, 1.54) is 60.8 Å². The first-order valence-corrected chi connectivity index (χ1v) is 19.6. The fourth-order valence-corrected chi connectivity index (χ4v) is 10.4. The lowest BCUT2D eigenvalue weighted by atomic mass is 9.70. The predicted octanol–water partition coefficient (Wildman–Crippen LogP) is 13.8. The average Bonchev–Trinajstić information content (AvgIpc) is 3.99. The van der Waals surface area contributed by atoms with Crippen molar-refractivity contribution in [1.82, 2.24) is 9.55 Å². The van der Waals surface area contributed by atoms with Crippen LogP contribution in [0.3, 0.4) is 0 Å². The number of nitrogens with zero attached hydrogens (tertiary/aromatic N) is 2. The highest BCUT2D eigenvalue weighted by Crippen LogP contribution is 2.63. The van der Waals surface area contributed by atoms with Gasteiger partial charge in [0.05, 0.1) is 33.5 Å². The lowest BCUT2D eigenvalue weighted by Gasteiger charge is -2.30. The van der Waals surface area contributed by atoms with Crippen LogP contribution in [-0.2, 0) is 5.41 Å². The van der Waals surface area contributed by atoms with Gasteiger partial charge >= 0.3 is 0 Å². The summed E-state index contributed by atoms with van der Waals surface area (Å²) < 4.78 is 8.85. The number of rotatable bonds is 3. The van der Waals surface area contributed by atoms with Gasteiger partial charge in [-0.3, -0.25) is 0 Å². The van der Waals surface area contributed by atoms with Gasteiger partial charge in [0, 0.05) is 32.7 Å². The van der Waals surface area contributed by atoms with Crippen molar-refractivity contribution in [2.45, 2.75) is 5.41 Å². The van der Waals surface area contributed by atoms with Crippen molar-refractivity contribution in [2.24, 2.45) is 0 Å². The van der Waals surface area contributed by atoms with Gasteiger partial charge in [-0.2, -0.15) is 0 Å². The zero-order valence-electron chi connectivity index (χ0n) is 30.8. The summed E-state index contributed by atoms with van der Waals surface area (Å²) in [7, 11) is 0. The maximum absolute atomic E-state index is 6.38. The zero-order valence-corrected chi connectivity index (χ0v) is 30.8. The van der Waals surface area contributed by atoms with Crippen molar-refractivity contribution < 1.29 is 4.42 Å². The Morgan fingerprint density at radius 2 is 0.965 bits per heavy atom. The van der Waals surface area contributed by atoms with Gasteiger partial charge < -0.3 is 8.98 Å². The molecule has 0 atom stereocenters. The zero-order chi connectivity index (χ0) is 37.2. The predicted molar refractivity (Wildman–Crippen MR) is 233 cm³/mol. The third-order valence-electron chi connectivity index (χ3n) is 12.6. The van der Waals surface area contributed by atoms with Crippen LogP contribution in [0.5, 0.6) is 0 Å². The minimum absolute atomic E-state index is 0.439. The van der Waals surface area contributed by atoms with E-state index in [1.807, 2.05) is 12.1 Å². The first kappa shape index (κ1) is 30.8. The number of benzene rings is 8. The number of hydrogen-bond acceptors (Lipinski definition) is 2. The molecular weight excluding hydrogens is 693 g/mol. The van der Waals surface area contributed by atoms with Crippen LogP contribution in [0.15, 0.2) is 199 Å². The molecule has 0 radical (unpaired) electrons. The fraction of sp³-hybridized carbons (Fsp3) is 0.0185. The van der Waals surface area contributed by atoms with Crippen molar-refractivity contribution in [1.29, 1.82) is 0 Å². The Labute approximate surface area is 328 Å². The maximum atomic E-state index is 6.38. The SMILES string of the molecule is c1ccc(-c2cc(-n3c4ccccc4c4cc5c(cc43)C3(c4ccccc4-c4ccccc43)c3ccccc3-5)cc(-c3cccc4oc5ccccc5c34)n2)cc1. The van der Waals surface area contributed by atoms with Gasteiger partial charge in [0.25, 0.3) is 0 Å². The molecule has 0 saturated carbocycles. The molecule has 0 bridgehead atoms. The van der Waals surface area contributed by atoms with Gasteiger partial charge in [-0.1, -0.05) is 152 Å². The van der Waals surface area contributed by atoms with E-state index in [-0.39, 0.29) is 0 Å². The minimum Gasteiger partial charge on any atom is -0.456 e. The molecule has 11 aromatic rings. The lowest BCUT2D eigenvalue weighted by molar-refractivity contribution is 0.669. The highest BCUT2D eigenvalue weighted by Gasteiger charge is 2.51. The first-order chi connectivity index (χ1) is 28.3. The minimum atomic E-state index is -0.439. The summed E-state index contributed by atoms with van der Waals surface area (Å²) in [4.78, 5) is 5.42. The molecule has 1 spiro atoms. The van der Waals surface area contributed by atoms with E-state index in [2.05, 4.69) is 187 Å². The lowest BCUT2D eigenvalue weighted by Crippen LogP contribution is -2.25. The monoisotopic (exact) mass is 724 g/mol. The van der Waals surface area contributed by atoms with E-state index < -0.39 is 5.41 Å². The molecule has 3 heterocycles. The molecule has 2 aliphatic rings. The Hall–Kier alpha value is -7.49. The van der Waals surface area contributed by atoms with Gasteiger partial charge in [0.15, 0.2) is 0 Å². The summed E-state index contributed by atoms with van der Waals surface area (Å²) in [6.45, 7) is 0. The Balaban J connectivity index is 1.15. The van der Waals surface area contributed by atoms with E-state index in [9.17, 15) is 0 Å². The maximum Gasteiger partial charge on any atom is 0.136 e. The largest absolute Gasteiger partial charge is 0.456 e. The molecule has 0 fully saturated rings. The molecule has 3 heteroatoms. The highest BCUT2D eigenvalue weighted by molar-refractivity contribution is 6.14. The van der Waals surface area contributed by atoms with E-state index in [0.717, 1.165) is 55.7 Å². The van der Waals surface area contributed by atoms with Gasteiger partial charge in [0.1, 0.15) is 11.2 Å². The van der Waals surface area contributed by atoms with E-state index in [1.54, 1.807) is 0 Å². The number of fused-ring (bicyclic) bond motifs is 16. The summed E-state index contributed by atoms with van der Waals surface area (Å²) in [6.07, 6.45) is 0. The number of furan rings is 1.